The summed E-state index contributed by atoms with van der Waals surface area (Å²) in [6, 6.07) is 5.67. The van der Waals surface area contributed by atoms with Crippen molar-refractivity contribution in [1.82, 2.24) is 14.9 Å². The number of carboxylic acid groups (broad SMARTS) is 1. The summed E-state index contributed by atoms with van der Waals surface area (Å²) in [6.45, 7) is 0.458. The van der Waals surface area contributed by atoms with Gasteiger partial charge in [-0.05, 0) is 18.2 Å². The van der Waals surface area contributed by atoms with Gasteiger partial charge in [0.25, 0.3) is 0 Å². The Hall–Kier alpha value is -1.54. The number of benzene rings is 1. The number of carbonyl (C=O) groups excluding carboxylic acids is 1. The smallest absolute Gasteiger partial charge is 0.313 e. The van der Waals surface area contributed by atoms with Crippen molar-refractivity contribution in [3.8, 4) is 0 Å². The number of thioether (sulfide) groups is 1. The van der Waals surface area contributed by atoms with Gasteiger partial charge in [0.1, 0.15) is 0 Å². The van der Waals surface area contributed by atoms with Crippen LogP contribution in [0, 0.1) is 0 Å². The molecule has 2 aromatic rings. The number of hydrogen-bond donors (Lipinski definition) is 2. The Morgan fingerprint density at radius 3 is 2.90 bits per heavy atom. The largest absolute Gasteiger partial charge is 0.481 e. The summed E-state index contributed by atoms with van der Waals surface area (Å²) in [5.74, 6) is -1.03. The summed E-state index contributed by atoms with van der Waals surface area (Å²) < 4.78 is 2.78. The molecule has 1 heterocycles. The van der Waals surface area contributed by atoms with Crippen LogP contribution in [0.5, 0.6) is 0 Å². The van der Waals surface area contributed by atoms with Gasteiger partial charge in [-0.3, -0.25) is 9.59 Å². The number of carbonyl (C=O) groups is 2. The lowest BCUT2D eigenvalue weighted by molar-refractivity contribution is -0.134. The van der Waals surface area contributed by atoms with Crippen molar-refractivity contribution in [2.24, 2.45) is 0 Å². The maximum atomic E-state index is 11.4. The van der Waals surface area contributed by atoms with E-state index in [0.29, 0.717) is 18.1 Å². The van der Waals surface area contributed by atoms with Gasteiger partial charge in [0, 0.05) is 24.5 Å². The van der Waals surface area contributed by atoms with Crippen LogP contribution in [0.2, 0.25) is 0 Å². The molecule has 21 heavy (non-hydrogen) atoms. The number of amides is 1. The zero-order chi connectivity index (χ0) is 15.4. The normalized spacial score (nSPS) is 10.8. The fraction of sp³-hybridized carbons (Fsp3) is 0.308. The number of nitrogens with one attached hydrogen (secondary N) is 1. The molecule has 0 unspecified atom stereocenters. The third-order valence-electron chi connectivity index (χ3n) is 2.84. The summed E-state index contributed by atoms with van der Waals surface area (Å²) in [7, 11) is 1.59. The molecule has 6 nitrogen and oxygen atoms in total. The van der Waals surface area contributed by atoms with Gasteiger partial charge in [0.05, 0.1) is 16.8 Å². The van der Waals surface area contributed by atoms with Crippen molar-refractivity contribution in [3.63, 3.8) is 0 Å². The Morgan fingerprint density at radius 1 is 1.48 bits per heavy atom. The summed E-state index contributed by atoms with van der Waals surface area (Å²) in [6.07, 6.45) is 0.318. The Bertz CT molecular complexity index is 687. The Kier molecular flexibility index (Phi) is 5.24. The van der Waals surface area contributed by atoms with Gasteiger partial charge in [-0.15, -0.1) is 0 Å². The number of aliphatic carboxylic acids is 1. The van der Waals surface area contributed by atoms with Crippen LogP contribution in [0.3, 0.4) is 0 Å². The molecule has 0 aliphatic heterocycles. The van der Waals surface area contributed by atoms with Crippen molar-refractivity contribution < 1.29 is 14.7 Å². The van der Waals surface area contributed by atoms with E-state index in [2.05, 4.69) is 26.2 Å². The van der Waals surface area contributed by atoms with Gasteiger partial charge >= 0.3 is 5.97 Å². The highest BCUT2D eigenvalue weighted by molar-refractivity contribution is 9.10. The minimum Gasteiger partial charge on any atom is -0.481 e. The number of aromatic nitrogens is 2. The molecule has 8 heteroatoms. The Balaban J connectivity index is 2.34. The van der Waals surface area contributed by atoms with Crippen molar-refractivity contribution >= 4 is 50.6 Å². The van der Waals surface area contributed by atoms with Crippen LogP contribution in [0.4, 0.5) is 0 Å². The van der Waals surface area contributed by atoms with Gasteiger partial charge in [0.2, 0.25) is 5.91 Å². The van der Waals surface area contributed by atoms with E-state index in [9.17, 15) is 9.59 Å². The van der Waals surface area contributed by atoms with E-state index in [1.165, 1.54) is 0 Å². The highest BCUT2D eigenvalue weighted by atomic mass is 79.9. The molecule has 0 radical (unpaired) electrons. The molecule has 1 aromatic heterocycles. The molecule has 0 aliphatic carbocycles. The fourth-order valence-corrected chi connectivity index (χ4v) is 2.98. The molecule has 0 saturated carbocycles. The van der Waals surface area contributed by atoms with Gasteiger partial charge < -0.3 is 15.0 Å². The molecule has 0 fully saturated rings. The monoisotopic (exact) mass is 371 g/mol. The molecule has 0 atom stereocenters. The lowest BCUT2D eigenvalue weighted by Gasteiger charge is -2.07. The molecule has 0 saturated heterocycles. The zero-order valence-corrected chi connectivity index (χ0v) is 13.7. The van der Waals surface area contributed by atoms with Gasteiger partial charge in [-0.25, -0.2) is 4.98 Å². The third kappa shape index (κ3) is 3.98. The fourth-order valence-electron chi connectivity index (χ4n) is 1.87. The van der Waals surface area contributed by atoms with Crippen LogP contribution in [0.1, 0.15) is 6.42 Å². The maximum Gasteiger partial charge on any atom is 0.313 e. The third-order valence-corrected chi connectivity index (χ3v) is 4.30. The van der Waals surface area contributed by atoms with Gasteiger partial charge in [0.15, 0.2) is 5.16 Å². The van der Waals surface area contributed by atoms with E-state index in [1.807, 2.05) is 22.8 Å². The van der Waals surface area contributed by atoms with E-state index in [4.69, 9.17) is 5.11 Å². The average molecular weight is 372 g/mol. The molecule has 2 rings (SSSR count). The molecule has 1 aromatic carbocycles. The number of rotatable bonds is 6. The first-order chi connectivity index (χ1) is 10.0. The molecule has 1 amide bonds. The quantitative estimate of drug-likeness (QED) is 0.759. The first-order valence-corrected chi connectivity index (χ1v) is 8.00. The van der Waals surface area contributed by atoms with Crippen molar-refractivity contribution in [2.75, 3.05) is 12.8 Å². The summed E-state index contributed by atoms with van der Waals surface area (Å²) in [5.41, 5.74) is 1.66. The highest BCUT2D eigenvalue weighted by Crippen LogP contribution is 2.26. The second kappa shape index (κ2) is 6.95. The minimum absolute atomic E-state index is 0.0650. The van der Waals surface area contributed by atoms with E-state index >= 15 is 0 Å². The number of fused-ring (bicyclic) bond motifs is 1. The molecular weight excluding hydrogens is 358 g/mol. The lowest BCUT2D eigenvalue weighted by Crippen LogP contribution is -2.19. The number of imidazole rings is 1. The SMILES string of the molecule is CNC(=O)CCn1c(SCC(=O)O)nc2cc(Br)ccc21. The number of hydrogen-bond acceptors (Lipinski definition) is 4. The predicted octanol–water partition coefficient (Wildman–Crippen LogP) is 2.11. The number of aryl methyl sites for hydroxylation is 1. The number of nitrogens with zero attached hydrogens (tertiary/aromatic N) is 2. The van der Waals surface area contributed by atoms with Crippen LogP contribution in [-0.2, 0) is 16.1 Å². The second-order valence-electron chi connectivity index (χ2n) is 4.28. The van der Waals surface area contributed by atoms with E-state index in [0.717, 1.165) is 27.3 Å². The van der Waals surface area contributed by atoms with Crippen LogP contribution in [0.25, 0.3) is 11.0 Å². The molecule has 0 aliphatic rings. The Labute approximate surface area is 134 Å². The zero-order valence-electron chi connectivity index (χ0n) is 11.3. The predicted molar refractivity (Wildman–Crippen MR) is 84.5 cm³/mol. The average Bonchev–Trinajstić information content (AvgIpc) is 2.79. The number of halogens is 1. The summed E-state index contributed by atoms with van der Waals surface area (Å²) in [4.78, 5) is 26.6. The van der Waals surface area contributed by atoms with Crippen molar-refractivity contribution in [3.05, 3.63) is 22.7 Å². The first kappa shape index (κ1) is 15.8. The van der Waals surface area contributed by atoms with E-state index in [-0.39, 0.29) is 11.7 Å². The highest BCUT2D eigenvalue weighted by Gasteiger charge is 2.14. The first-order valence-electron chi connectivity index (χ1n) is 6.22. The van der Waals surface area contributed by atoms with Crippen molar-refractivity contribution in [2.45, 2.75) is 18.1 Å². The van der Waals surface area contributed by atoms with E-state index in [1.54, 1.807) is 7.05 Å². The molecule has 2 N–H and O–H groups in total. The second-order valence-corrected chi connectivity index (χ2v) is 6.14. The van der Waals surface area contributed by atoms with Crippen LogP contribution < -0.4 is 5.32 Å². The molecular formula is C13H14BrN3O3S. The van der Waals surface area contributed by atoms with E-state index < -0.39 is 5.97 Å². The lowest BCUT2D eigenvalue weighted by atomic mass is 10.3. The Morgan fingerprint density at radius 2 is 2.24 bits per heavy atom. The topological polar surface area (TPSA) is 84.2 Å². The molecule has 112 valence electrons. The van der Waals surface area contributed by atoms with Crippen LogP contribution >= 0.6 is 27.7 Å². The van der Waals surface area contributed by atoms with Gasteiger partial charge in [-0.1, -0.05) is 27.7 Å². The standard InChI is InChI=1S/C13H14BrN3O3S/c1-15-11(18)4-5-17-10-3-2-8(14)6-9(10)16-13(17)21-7-12(19)20/h2-3,6H,4-5,7H2,1H3,(H,15,18)(H,19,20). The van der Waals surface area contributed by atoms with Crippen LogP contribution in [-0.4, -0.2) is 39.3 Å². The number of carboxylic acids is 1. The van der Waals surface area contributed by atoms with Crippen LogP contribution in [0.15, 0.2) is 27.8 Å². The minimum atomic E-state index is -0.897. The summed E-state index contributed by atoms with van der Waals surface area (Å²) >= 11 is 4.54. The summed E-state index contributed by atoms with van der Waals surface area (Å²) in [5, 5.41) is 12.0. The molecule has 0 bridgehead atoms. The maximum absolute atomic E-state index is 11.4. The van der Waals surface area contributed by atoms with Crippen molar-refractivity contribution in [1.29, 1.82) is 0 Å². The van der Waals surface area contributed by atoms with Gasteiger partial charge in [-0.2, -0.15) is 0 Å². The molecule has 0 spiro atoms.